The number of benzene rings is 2. The van der Waals surface area contributed by atoms with Crippen molar-refractivity contribution in [3.8, 4) is 0 Å². The maximum Gasteiger partial charge on any atom is 0.254 e. The zero-order chi connectivity index (χ0) is 21.1. The fourth-order valence-corrected chi connectivity index (χ4v) is 5.21. The first kappa shape index (κ1) is 20.6. The molecule has 2 amide bonds. The van der Waals surface area contributed by atoms with Crippen LogP contribution in [0.15, 0.2) is 60.0 Å². The highest BCUT2D eigenvalue weighted by Gasteiger charge is 2.31. The number of piperidine rings is 1. The van der Waals surface area contributed by atoms with Crippen LogP contribution in [0.25, 0.3) is 10.8 Å². The number of amides is 2. The lowest BCUT2D eigenvalue weighted by Crippen LogP contribution is -2.46. The predicted octanol–water partition coefficient (Wildman–Crippen LogP) is 5.27. The summed E-state index contributed by atoms with van der Waals surface area (Å²) in [7, 11) is 0. The van der Waals surface area contributed by atoms with E-state index in [2.05, 4.69) is 25.2 Å². The van der Waals surface area contributed by atoms with E-state index in [-0.39, 0.29) is 23.8 Å². The van der Waals surface area contributed by atoms with E-state index >= 15 is 0 Å². The summed E-state index contributed by atoms with van der Waals surface area (Å²) in [5.74, 6) is 0.212. The molecule has 1 aliphatic heterocycles. The van der Waals surface area contributed by atoms with Crippen molar-refractivity contribution in [3.05, 3.63) is 70.4 Å². The smallest absolute Gasteiger partial charge is 0.254 e. The highest BCUT2D eigenvalue weighted by molar-refractivity contribution is 7.10. The number of carbonyl (C=O) groups is 2. The molecule has 1 saturated heterocycles. The fraction of sp³-hybridized carbons (Fsp3) is 0.360. The molecule has 2 atom stereocenters. The molecule has 156 valence electrons. The highest BCUT2D eigenvalue weighted by atomic mass is 32.1. The molecule has 0 spiro atoms. The standard InChI is InChI=1S/C25H28N2O2S/c1-17(2)23(22-13-7-15-30-22)26-24(28)19-10-6-14-27(16-19)25(29)21-12-5-9-18-8-3-4-11-20(18)21/h3-5,7-9,11-13,15,17,19,23H,6,10,14,16H2,1-2H3,(H,26,28)/t19-,23+/m0/s1. The molecular weight excluding hydrogens is 392 g/mol. The van der Waals surface area contributed by atoms with Gasteiger partial charge < -0.3 is 10.2 Å². The fourth-order valence-electron chi connectivity index (χ4n) is 4.26. The molecule has 5 heteroatoms. The molecule has 0 bridgehead atoms. The van der Waals surface area contributed by atoms with Crippen LogP contribution < -0.4 is 5.32 Å². The van der Waals surface area contributed by atoms with Crippen LogP contribution in [0.3, 0.4) is 0 Å². The van der Waals surface area contributed by atoms with Crippen molar-refractivity contribution in [1.29, 1.82) is 0 Å². The number of nitrogens with one attached hydrogen (secondary N) is 1. The Bertz CT molecular complexity index is 1020. The largest absolute Gasteiger partial charge is 0.348 e. The van der Waals surface area contributed by atoms with Gasteiger partial charge in [-0.2, -0.15) is 0 Å². The van der Waals surface area contributed by atoms with Gasteiger partial charge in [-0.15, -0.1) is 11.3 Å². The first-order valence-corrected chi connectivity index (χ1v) is 11.5. The maximum absolute atomic E-state index is 13.3. The number of hydrogen-bond donors (Lipinski definition) is 1. The van der Waals surface area contributed by atoms with Crippen LogP contribution in [-0.2, 0) is 4.79 Å². The van der Waals surface area contributed by atoms with Crippen LogP contribution in [0.1, 0.15) is 48.0 Å². The van der Waals surface area contributed by atoms with Crippen LogP contribution in [-0.4, -0.2) is 29.8 Å². The van der Waals surface area contributed by atoms with Crippen molar-refractivity contribution in [1.82, 2.24) is 10.2 Å². The highest BCUT2D eigenvalue weighted by Crippen LogP contribution is 2.28. The molecule has 4 rings (SSSR count). The molecule has 1 N–H and O–H groups in total. The van der Waals surface area contributed by atoms with Crippen molar-refractivity contribution in [3.63, 3.8) is 0 Å². The summed E-state index contributed by atoms with van der Waals surface area (Å²) in [6, 6.07) is 17.9. The number of nitrogens with zero attached hydrogens (tertiary/aromatic N) is 1. The molecule has 1 aliphatic rings. The third-order valence-electron chi connectivity index (χ3n) is 5.91. The average molecular weight is 421 g/mol. The third kappa shape index (κ3) is 4.26. The molecule has 30 heavy (non-hydrogen) atoms. The lowest BCUT2D eigenvalue weighted by molar-refractivity contribution is -0.127. The molecule has 2 heterocycles. The predicted molar refractivity (Wildman–Crippen MR) is 123 cm³/mol. The van der Waals surface area contributed by atoms with Crippen LogP contribution in [0.5, 0.6) is 0 Å². The Morgan fingerprint density at radius 1 is 1.07 bits per heavy atom. The van der Waals surface area contributed by atoms with Gasteiger partial charge >= 0.3 is 0 Å². The van der Waals surface area contributed by atoms with Gasteiger partial charge in [0.05, 0.1) is 12.0 Å². The van der Waals surface area contributed by atoms with Gasteiger partial charge in [0.2, 0.25) is 5.91 Å². The minimum absolute atomic E-state index is 0.0154. The molecule has 4 nitrogen and oxygen atoms in total. The number of thiophene rings is 1. The Labute approximate surface area is 181 Å². The number of likely N-dealkylation sites (tertiary alicyclic amines) is 1. The quantitative estimate of drug-likeness (QED) is 0.611. The number of carbonyl (C=O) groups excluding carboxylic acids is 2. The average Bonchev–Trinajstić information content (AvgIpc) is 3.30. The summed E-state index contributed by atoms with van der Waals surface area (Å²) in [5.41, 5.74) is 0.716. The van der Waals surface area contributed by atoms with E-state index in [0.29, 0.717) is 24.6 Å². The van der Waals surface area contributed by atoms with Crippen LogP contribution >= 0.6 is 11.3 Å². The minimum Gasteiger partial charge on any atom is -0.348 e. The summed E-state index contributed by atoms with van der Waals surface area (Å²) in [6.45, 7) is 5.43. The van der Waals surface area contributed by atoms with Crippen LogP contribution in [0, 0.1) is 11.8 Å². The Kier molecular flexibility index (Phi) is 6.18. The number of hydrogen-bond acceptors (Lipinski definition) is 3. The topological polar surface area (TPSA) is 49.4 Å². The van der Waals surface area contributed by atoms with E-state index in [1.807, 2.05) is 58.8 Å². The Balaban J connectivity index is 1.48. The van der Waals surface area contributed by atoms with E-state index in [1.165, 1.54) is 4.88 Å². The molecule has 0 saturated carbocycles. The zero-order valence-electron chi connectivity index (χ0n) is 17.5. The SMILES string of the molecule is CC(C)[C@@H](NC(=O)[C@H]1CCCN(C(=O)c2cccc3ccccc23)C1)c1cccs1. The Morgan fingerprint density at radius 3 is 2.63 bits per heavy atom. The van der Waals surface area contributed by atoms with Crippen LogP contribution in [0.4, 0.5) is 0 Å². The van der Waals surface area contributed by atoms with Gasteiger partial charge in [0.15, 0.2) is 0 Å². The normalized spacial score (nSPS) is 17.8. The van der Waals surface area contributed by atoms with Crippen molar-refractivity contribution in [2.45, 2.75) is 32.7 Å². The van der Waals surface area contributed by atoms with Gasteiger partial charge in [0.1, 0.15) is 0 Å². The van der Waals surface area contributed by atoms with E-state index in [9.17, 15) is 9.59 Å². The van der Waals surface area contributed by atoms with Gasteiger partial charge in [0.25, 0.3) is 5.91 Å². The molecule has 0 unspecified atom stereocenters. The Morgan fingerprint density at radius 2 is 1.87 bits per heavy atom. The van der Waals surface area contributed by atoms with Gasteiger partial charge in [-0.3, -0.25) is 9.59 Å². The lowest BCUT2D eigenvalue weighted by Gasteiger charge is -2.33. The molecule has 0 radical (unpaired) electrons. The van der Waals surface area contributed by atoms with Gasteiger partial charge in [0, 0.05) is 23.5 Å². The second kappa shape index (κ2) is 9.00. The number of fused-ring (bicyclic) bond motifs is 1. The van der Waals surface area contributed by atoms with E-state index in [4.69, 9.17) is 0 Å². The van der Waals surface area contributed by atoms with E-state index < -0.39 is 0 Å². The first-order valence-electron chi connectivity index (χ1n) is 10.7. The van der Waals surface area contributed by atoms with E-state index in [1.54, 1.807) is 11.3 Å². The van der Waals surface area contributed by atoms with Crippen molar-refractivity contribution in [2.75, 3.05) is 13.1 Å². The molecule has 2 aromatic carbocycles. The molecule has 3 aromatic rings. The van der Waals surface area contributed by atoms with Crippen molar-refractivity contribution < 1.29 is 9.59 Å². The monoisotopic (exact) mass is 420 g/mol. The second-order valence-electron chi connectivity index (χ2n) is 8.36. The molecule has 1 aromatic heterocycles. The van der Waals surface area contributed by atoms with Crippen molar-refractivity contribution >= 4 is 33.9 Å². The van der Waals surface area contributed by atoms with Crippen molar-refractivity contribution in [2.24, 2.45) is 11.8 Å². The van der Waals surface area contributed by atoms with Crippen LogP contribution in [0.2, 0.25) is 0 Å². The summed E-state index contributed by atoms with van der Waals surface area (Å²) in [6.07, 6.45) is 1.67. The summed E-state index contributed by atoms with van der Waals surface area (Å²) < 4.78 is 0. The summed E-state index contributed by atoms with van der Waals surface area (Å²) >= 11 is 1.67. The zero-order valence-corrected chi connectivity index (χ0v) is 18.3. The Hall–Kier alpha value is -2.66. The maximum atomic E-state index is 13.3. The van der Waals surface area contributed by atoms with E-state index in [0.717, 1.165) is 23.6 Å². The number of rotatable bonds is 5. The van der Waals surface area contributed by atoms with Gasteiger partial charge in [-0.1, -0.05) is 56.3 Å². The van der Waals surface area contributed by atoms with Gasteiger partial charge in [-0.25, -0.2) is 0 Å². The van der Waals surface area contributed by atoms with Gasteiger partial charge in [-0.05, 0) is 47.0 Å². The molecule has 0 aliphatic carbocycles. The summed E-state index contributed by atoms with van der Waals surface area (Å²) in [4.78, 5) is 29.4. The lowest BCUT2D eigenvalue weighted by atomic mass is 9.94. The second-order valence-corrected chi connectivity index (χ2v) is 9.34. The molecule has 1 fully saturated rings. The minimum atomic E-state index is -0.168. The first-order chi connectivity index (χ1) is 14.5. The third-order valence-corrected chi connectivity index (χ3v) is 6.87. The summed E-state index contributed by atoms with van der Waals surface area (Å²) in [5, 5.41) is 7.32. The molecular formula is C25H28N2O2S.